The van der Waals surface area contributed by atoms with Gasteiger partial charge in [-0.15, -0.1) is 0 Å². The van der Waals surface area contributed by atoms with Crippen molar-refractivity contribution in [3.8, 4) is 50.7 Å². The Labute approximate surface area is 332 Å². The van der Waals surface area contributed by atoms with Gasteiger partial charge < -0.3 is 4.81 Å². The van der Waals surface area contributed by atoms with Crippen molar-refractivity contribution in [2.75, 3.05) is 4.81 Å². The molecule has 10 aromatic rings. The quantitative estimate of drug-likeness (QED) is 0.160. The van der Waals surface area contributed by atoms with Crippen LogP contribution in [0.5, 0.6) is 0 Å². The number of aromatic nitrogens is 3. The maximum Gasteiger partial charge on any atom is 0.328 e. The zero-order chi connectivity index (χ0) is 37.7. The molecule has 1 aliphatic heterocycles. The fourth-order valence-corrected chi connectivity index (χ4v) is 8.82. The number of fused-ring (bicyclic) bond motifs is 6. The van der Waals surface area contributed by atoms with E-state index in [9.17, 15) is 0 Å². The highest BCUT2D eigenvalue weighted by Crippen LogP contribution is 2.45. The number of nitrogens with zero attached hydrogens (tertiary/aromatic N) is 4. The van der Waals surface area contributed by atoms with Crippen LogP contribution in [0, 0.1) is 0 Å². The van der Waals surface area contributed by atoms with Crippen LogP contribution in [0.15, 0.2) is 212 Å². The van der Waals surface area contributed by atoms with Gasteiger partial charge in [0, 0.05) is 50.5 Å². The van der Waals surface area contributed by atoms with Crippen molar-refractivity contribution in [3.05, 3.63) is 212 Å². The standard InChI is InChI=1S/C52H35BN4/c1-3-19-36(20-4-1)46-35-51(56-47-31-15-10-27-42(47)43-28-11-16-32-48(43)56)55-52(54-46)44-29-8-7-23-38(44)40-25-12-17-33-49(40)57-50-34-18-13-26-41(50)39-24-9-14-30-45(39)53(57)37-21-5-2-6-22-37/h1-35H. The summed E-state index contributed by atoms with van der Waals surface area (Å²) >= 11 is 0. The zero-order valence-corrected chi connectivity index (χ0v) is 31.1. The zero-order valence-electron chi connectivity index (χ0n) is 31.1. The van der Waals surface area contributed by atoms with Gasteiger partial charge in [-0.1, -0.05) is 187 Å². The number of hydrogen-bond donors (Lipinski definition) is 0. The molecular formula is C52H35BN4. The van der Waals surface area contributed by atoms with Crippen molar-refractivity contribution < 1.29 is 0 Å². The van der Waals surface area contributed by atoms with Crippen LogP contribution in [-0.2, 0) is 0 Å². The molecule has 5 heteroatoms. The van der Waals surface area contributed by atoms with Crippen LogP contribution in [0.4, 0.5) is 11.4 Å². The topological polar surface area (TPSA) is 34.0 Å². The summed E-state index contributed by atoms with van der Waals surface area (Å²) in [5.74, 6) is 1.49. The second kappa shape index (κ2) is 13.7. The molecule has 266 valence electrons. The maximum atomic E-state index is 5.47. The van der Waals surface area contributed by atoms with Crippen LogP contribution >= 0.6 is 0 Å². The van der Waals surface area contributed by atoms with Gasteiger partial charge in [0.25, 0.3) is 0 Å². The van der Waals surface area contributed by atoms with Crippen molar-refractivity contribution >= 4 is 51.0 Å². The molecular weight excluding hydrogens is 691 g/mol. The first-order valence-electron chi connectivity index (χ1n) is 19.5. The van der Waals surface area contributed by atoms with Crippen molar-refractivity contribution in [2.24, 2.45) is 0 Å². The van der Waals surface area contributed by atoms with E-state index in [-0.39, 0.29) is 6.85 Å². The van der Waals surface area contributed by atoms with Gasteiger partial charge in [-0.05, 0) is 40.9 Å². The molecule has 0 bridgehead atoms. The molecule has 0 aliphatic carbocycles. The maximum absolute atomic E-state index is 5.47. The van der Waals surface area contributed by atoms with Gasteiger partial charge in [-0.3, -0.25) is 4.57 Å². The van der Waals surface area contributed by atoms with Crippen LogP contribution in [0.3, 0.4) is 0 Å². The lowest BCUT2D eigenvalue weighted by Crippen LogP contribution is -2.57. The van der Waals surface area contributed by atoms with E-state index < -0.39 is 0 Å². The molecule has 0 spiro atoms. The Balaban J connectivity index is 1.15. The molecule has 2 aromatic heterocycles. The van der Waals surface area contributed by atoms with E-state index in [4.69, 9.17) is 9.97 Å². The third kappa shape index (κ3) is 5.47. The van der Waals surface area contributed by atoms with Crippen LogP contribution < -0.4 is 15.7 Å². The number of anilines is 2. The lowest BCUT2D eigenvalue weighted by Gasteiger charge is -2.40. The summed E-state index contributed by atoms with van der Waals surface area (Å²) in [5, 5.41) is 2.39. The Bertz CT molecular complexity index is 3050. The fraction of sp³-hybridized carbons (Fsp3) is 0. The van der Waals surface area contributed by atoms with E-state index >= 15 is 0 Å². The number of benzene rings is 8. The first-order valence-corrected chi connectivity index (χ1v) is 19.5. The minimum atomic E-state index is -0.0508. The molecule has 4 nitrogen and oxygen atoms in total. The molecule has 0 fully saturated rings. The SMILES string of the molecule is c1ccc(B2c3ccccc3-c3ccccc3N2c2ccccc2-c2ccccc2-c2nc(-c3ccccc3)cc(-n3c4ccccc4c4ccccc43)n2)cc1. The summed E-state index contributed by atoms with van der Waals surface area (Å²) in [6.07, 6.45) is 0. The molecule has 1 aliphatic rings. The van der Waals surface area contributed by atoms with E-state index in [1.807, 2.05) is 6.07 Å². The lowest BCUT2D eigenvalue weighted by molar-refractivity contribution is 1.05. The minimum absolute atomic E-state index is 0.0508. The van der Waals surface area contributed by atoms with Crippen molar-refractivity contribution in [3.63, 3.8) is 0 Å². The first-order chi connectivity index (χ1) is 28.3. The molecule has 0 radical (unpaired) electrons. The summed E-state index contributed by atoms with van der Waals surface area (Å²) in [5.41, 5.74) is 14.5. The Kier molecular flexibility index (Phi) is 7.89. The molecule has 0 saturated carbocycles. The molecule has 0 N–H and O–H groups in total. The summed E-state index contributed by atoms with van der Waals surface area (Å²) in [7, 11) is 0. The summed E-state index contributed by atoms with van der Waals surface area (Å²) in [6.45, 7) is -0.0508. The minimum Gasteiger partial charge on any atom is -0.376 e. The van der Waals surface area contributed by atoms with Crippen molar-refractivity contribution in [2.45, 2.75) is 0 Å². The average molecular weight is 727 g/mol. The van der Waals surface area contributed by atoms with E-state index in [0.717, 1.165) is 50.5 Å². The molecule has 8 aromatic carbocycles. The first kappa shape index (κ1) is 32.9. The highest BCUT2D eigenvalue weighted by molar-refractivity contribution is 6.91. The average Bonchev–Trinajstić information content (AvgIpc) is 3.63. The van der Waals surface area contributed by atoms with Gasteiger partial charge in [-0.2, -0.15) is 0 Å². The second-order valence-corrected chi connectivity index (χ2v) is 14.5. The highest BCUT2D eigenvalue weighted by atomic mass is 15.1. The largest absolute Gasteiger partial charge is 0.376 e. The molecule has 0 saturated heterocycles. The van der Waals surface area contributed by atoms with Crippen LogP contribution in [0.2, 0.25) is 0 Å². The lowest BCUT2D eigenvalue weighted by atomic mass is 9.45. The van der Waals surface area contributed by atoms with Gasteiger partial charge in [-0.25, -0.2) is 9.97 Å². The van der Waals surface area contributed by atoms with Gasteiger partial charge in [0.1, 0.15) is 5.82 Å². The number of rotatable bonds is 6. The van der Waals surface area contributed by atoms with E-state index in [1.54, 1.807) is 0 Å². The molecule has 0 atom stereocenters. The Morgan fingerprint density at radius 3 is 1.54 bits per heavy atom. The number of hydrogen-bond acceptors (Lipinski definition) is 3. The molecule has 57 heavy (non-hydrogen) atoms. The smallest absolute Gasteiger partial charge is 0.328 e. The third-order valence-corrected chi connectivity index (χ3v) is 11.3. The van der Waals surface area contributed by atoms with Gasteiger partial charge in [0.15, 0.2) is 5.82 Å². The van der Waals surface area contributed by atoms with Crippen molar-refractivity contribution in [1.82, 2.24) is 14.5 Å². The fourth-order valence-electron chi connectivity index (χ4n) is 8.82. The predicted molar refractivity (Wildman–Crippen MR) is 238 cm³/mol. The molecule has 3 heterocycles. The predicted octanol–water partition coefficient (Wildman–Crippen LogP) is 11.5. The van der Waals surface area contributed by atoms with E-state index in [2.05, 4.69) is 216 Å². The van der Waals surface area contributed by atoms with Gasteiger partial charge >= 0.3 is 6.85 Å². The Morgan fingerprint density at radius 1 is 0.386 bits per heavy atom. The van der Waals surface area contributed by atoms with E-state index in [1.165, 1.54) is 38.5 Å². The van der Waals surface area contributed by atoms with Crippen molar-refractivity contribution in [1.29, 1.82) is 0 Å². The Morgan fingerprint density at radius 2 is 0.877 bits per heavy atom. The normalized spacial score (nSPS) is 12.1. The third-order valence-electron chi connectivity index (χ3n) is 11.3. The molecule has 0 unspecified atom stereocenters. The van der Waals surface area contributed by atoms with Gasteiger partial charge in [0.2, 0.25) is 0 Å². The summed E-state index contributed by atoms with van der Waals surface area (Å²) in [6, 6.07) is 75.7. The summed E-state index contributed by atoms with van der Waals surface area (Å²) in [4.78, 5) is 13.4. The van der Waals surface area contributed by atoms with Crippen LogP contribution in [0.1, 0.15) is 0 Å². The second-order valence-electron chi connectivity index (χ2n) is 14.5. The van der Waals surface area contributed by atoms with Gasteiger partial charge in [0.05, 0.1) is 16.7 Å². The number of para-hydroxylation sites is 4. The van der Waals surface area contributed by atoms with E-state index in [0.29, 0.717) is 5.82 Å². The monoisotopic (exact) mass is 726 g/mol. The van der Waals surface area contributed by atoms with Crippen LogP contribution in [0.25, 0.3) is 72.5 Å². The summed E-state index contributed by atoms with van der Waals surface area (Å²) < 4.78 is 2.28. The Hall–Kier alpha value is -7.50. The molecule has 0 amide bonds. The molecule has 11 rings (SSSR count). The highest BCUT2D eigenvalue weighted by Gasteiger charge is 2.37. The van der Waals surface area contributed by atoms with Crippen LogP contribution in [-0.4, -0.2) is 21.4 Å².